The SMILES string of the molecule is CCCCCC(=O)N(C(=O)CCCCC)c1cc(Cl)ccc1OC. The molecule has 0 heterocycles. The highest BCUT2D eigenvalue weighted by molar-refractivity contribution is 6.31. The number of amides is 2. The molecule has 2 amide bonds. The van der Waals surface area contributed by atoms with E-state index in [1.807, 2.05) is 0 Å². The molecule has 1 aromatic carbocycles. The van der Waals surface area contributed by atoms with Gasteiger partial charge in [-0.1, -0.05) is 51.1 Å². The van der Waals surface area contributed by atoms with E-state index in [1.165, 1.54) is 12.0 Å². The molecule has 0 aliphatic rings. The van der Waals surface area contributed by atoms with Crippen LogP contribution in [0.1, 0.15) is 65.2 Å². The van der Waals surface area contributed by atoms with Crippen LogP contribution in [0.5, 0.6) is 5.75 Å². The van der Waals surface area contributed by atoms with E-state index in [9.17, 15) is 9.59 Å². The molecular formula is C19H28ClNO3. The lowest BCUT2D eigenvalue weighted by molar-refractivity contribution is -0.126. The summed E-state index contributed by atoms with van der Waals surface area (Å²) in [4.78, 5) is 26.6. The van der Waals surface area contributed by atoms with Gasteiger partial charge in [0.25, 0.3) is 0 Å². The maximum absolute atomic E-state index is 12.7. The Balaban J connectivity index is 3.05. The van der Waals surface area contributed by atoms with Crippen LogP contribution in [0.3, 0.4) is 0 Å². The maximum atomic E-state index is 12.7. The molecule has 0 saturated carbocycles. The summed E-state index contributed by atoms with van der Waals surface area (Å²) < 4.78 is 5.33. The van der Waals surface area contributed by atoms with Crippen LogP contribution >= 0.6 is 11.6 Å². The van der Waals surface area contributed by atoms with Gasteiger partial charge in [-0.05, 0) is 31.0 Å². The summed E-state index contributed by atoms with van der Waals surface area (Å²) >= 11 is 6.08. The highest BCUT2D eigenvalue weighted by Crippen LogP contribution is 2.32. The molecule has 1 aromatic rings. The van der Waals surface area contributed by atoms with E-state index >= 15 is 0 Å². The monoisotopic (exact) mass is 353 g/mol. The number of benzene rings is 1. The Kier molecular flexibility index (Phi) is 9.46. The van der Waals surface area contributed by atoms with Crippen LogP contribution in [-0.2, 0) is 9.59 Å². The van der Waals surface area contributed by atoms with Gasteiger partial charge in [0.05, 0.1) is 12.8 Å². The standard InChI is InChI=1S/C19H28ClNO3/c1-4-6-8-10-18(22)21(19(23)11-9-7-5-2)16-14-15(20)12-13-17(16)24-3/h12-14H,4-11H2,1-3H3. The molecule has 0 N–H and O–H groups in total. The predicted octanol–water partition coefficient (Wildman–Crippen LogP) is 5.37. The first-order chi connectivity index (χ1) is 11.5. The normalized spacial score (nSPS) is 10.5. The van der Waals surface area contributed by atoms with Crippen LogP contribution in [0.4, 0.5) is 5.69 Å². The van der Waals surface area contributed by atoms with E-state index in [0.29, 0.717) is 29.3 Å². The number of anilines is 1. The number of ether oxygens (including phenoxy) is 1. The van der Waals surface area contributed by atoms with Gasteiger partial charge in [-0.2, -0.15) is 0 Å². The first kappa shape index (κ1) is 20.5. The van der Waals surface area contributed by atoms with Gasteiger partial charge in [-0.25, -0.2) is 4.90 Å². The zero-order chi connectivity index (χ0) is 17.9. The van der Waals surface area contributed by atoms with Crippen LogP contribution in [0.25, 0.3) is 0 Å². The molecule has 5 heteroatoms. The van der Waals surface area contributed by atoms with Crippen LogP contribution in [0, 0.1) is 0 Å². The number of rotatable bonds is 10. The molecular weight excluding hydrogens is 326 g/mol. The number of carbonyl (C=O) groups is 2. The van der Waals surface area contributed by atoms with Crippen LogP contribution < -0.4 is 9.64 Å². The fourth-order valence-corrected chi connectivity index (χ4v) is 2.69. The molecule has 0 radical (unpaired) electrons. The Morgan fingerprint density at radius 3 is 2.00 bits per heavy atom. The first-order valence-corrected chi connectivity index (χ1v) is 9.12. The summed E-state index contributed by atoms with van der Waals surface area (Å²) in [7, 11) is 1.52. The molecule has 134 valence electrons. The lowest BCUT2D eigenvalue weighted by Crippen LogP contribution is -2.37. The quantitative estimate of drug-likeness (QED) is 0.531. The molecule has 0 aliphatic heterocycles. The fourth-order valence-electron chi connectivity index (χ4n) is 2.52. The fraction of sp³-hybridized carbons (Fsp3) is 0.579. The topological polar surface area (TPSA) is 46.6 Å². The van der Waals surface area contributed by atoms with Crippen LogP contribution in [0.15, 0.2) is 18.2 Å². The second-order valence-electron chi connectivity index (χ2n) is 5.85. The number of imide groups is 1. The third-order valence-corrected chi connectivity index (χ3v) is 4.10. The lowest BCUT2D eigenvalue weighted by Gasteiger charge is -2.23. The Bertz CT molecular complexity index is 523. The van der Waals surface area contributed by atoms with Crippen molar-refractivity contribution in [1.29, 1.82) is 0 Å². The van der Waals surface area contributed by atoms with Crippen LogP contribution in [0.2, 0.25) is 5.02 Å². The number of hydrogen-bond acceptors (Lipinski definition) is 3. The van der Waals surface area contributed by atoms with Crippen molar-refractivity contribution in [3.05, 3.63) is 23.2 Å². The molecule has 0 spiro atoms. The molecule has 0 atom stereocenters. The first-order valence-electron chi connectivity index (χ1n) is 8.74. The number of unbranched alkanes of at least 4 members (excludes halogenated alkanes) is 4. The zero-order valence-electron chi connectivity index (χ0n) is 14.9. The second-order valence-corrected chi connectivity index (χ2v) is 6.29. The van der Waals surface area contributed by atoms with E-state index in [2.05, 4.69) is 13.8 Å². The minimum atomic E-state index is -0.189. The third kappa shape index (κ3) is 6.16. The van der Waals surface area contributed by atoms with Gasteiger partial charge in [-0.3, -0.25) is 9.59 Å². The summed E-state index contributed by atoms with van der Waals surface area (Å²) in [6.07, 6.45) is 6.24. The Morgan fingerprint density at radius 1 is 1.00 bits per heavy atom. The third-order valence-electron chi connectivity index (χ3n) is 3.87. The molecule has 0 fully saturated rings. The van der Waals surface area contributed by atoms with Gasteiger partial charge in [0.1, 0.15) is 5.75 Å². The van der Waals surface area contributed by atoms with Crippen molar-refractivity contribution in [1.82, 2.24) is 0 Å². The summed E-state index contributed by atoms with van der Waals surface area (Å²) in [5.74, 6) is 0.100. The van der Waals surface area contributed by atoms with Crippen molar-refractivity contribution in [2.45, 2.75) is 65.2 Å². The molecule has 0 aliphatic carbocycles. The van der Waals surface area contributed by atoms with Crippen molar-refractivity contribution in [3.63, 3.8) is 0 Å². The highest BCUT2D eigenvalue weighted by Gasteiger charge is 2.25. The van der Waals surface area contributed by atoms with Crippen molar-refractivity contribution < 1.29 is 14.3 Å². The summed E-state index contributed by atoms with van der Waals surface area (Å²) in [6.45, 7) is 4.16. The van der Waals surface area contributed by atoms with Crippen molar-refractivity contribution in [3.8, 4) is 5.75 Å². The number of hydrogen-bond donors (Lipinski definition) is 0. The van der Waals surface area contributed by atoms with Crippen molar-refractivity contribution in [2.24, 2.45) is 0 Å². The maximum Gasteiger partial charge on any atom is 0.233 e. The van der Waals surface area contributed by atoms with E-state index in [4.69, 9.17) is 16.3 Å². The number of halogens is 1. The van der Waals surface area contributed by atoms with Crippen molar-refractivity contribution >= 4 is 29.1 Å². The van der Waals surface area contributed by atoms with Gasteiger partial charge >= 0.3 is 0 Å². The molecule has 4 nitrogen and oxygen atoms in total. The number of methoxy groups -OCH3 is 1. The van der Waals surface area contributed by atoms with E-state index in [0.717, 1.165) is 38.5 Å². The molecule has 0 aromatic heterocycles. The average Bonchev–Trinajstić information content (AvgIpc) is 2.56. The van der Waals surface area contributed by atoms with Crippen molar-refractivity contribution in [2.75, 3.05) is 12.0 Å². The Labute approximate surface area is 150 Å². The minimum absolute atomic E-state index is 0.189. The largest absolute Gasteiger partial charge is 0.495 e. The van der Waals surface area contributed by atoms with E-state index in [1.54, 1.807) is 18.2 Å². The Hall–Kier alpha value is -1.55. The summed E-state index contributed by atoms with van der Waals surface area (Å²) in [5.41, 5.74) is 0.438. The van der Waals surface area contributed by atoms with Crippen LogP contribution in [-0.4, -0.2) is 18.9 Å². The van der Waals surface area contributed by atoms with E-state index < -0.39 is 0 Å². The number of nitrogens with zero attached hydrogens (tertiary/aromatic N) is 1. The molecule has 0 bridgehead atoms. The highest BCUT2D eigenvalue weighted by atomic mass is 35.5. The predicted molar refractivity (Wildman–Crippen MR) is 98.8 cm³/mol. The molecule has 24 heavy (non-hydrogen) atoms. The molecule has 0 unspecified atom stereocenters. The summed E-state index contributed by atoms with van der Waals surface area (Å²) in [5, 5.41) is 0.471. The Morgan fingerprint density at radius 2 is 1.54 bits per heavy atom. The average molecular weight is 354 g/mol. The molecule has 1 rings (SSSR count). The smallest absolute Gasteiger partial charge is 0.233 e. The van der Waals surface area contributed by atoms with Gasteiger partial charge in [0.15, 0.2) is 0 Å². The number of carbonyl (C=O) groups excluding carboxylic acids is 2. The van der Waals surface area contributed by atoms with Gasteiger partial charge in [-0.15, -0.1) is 0 Å². The lowest BCUT2D eigenvalue weighted by atomic mass is 10.1. The molecule has 0 saturated heterocycles. The van der Waals surface area contributed by atoms with Gasteiger partial charge in [0, 0.05) is 17.9 Å². The summed E-state index contributed by atoms with van der Waals surface area (Å²) in [6, 6.07) is 4.99. The second kappa shape index (κ2) is 11.1. The van der Waals surface area contributed by atoms with E-state index in [-0.39, 0.29) is 11.8 Å². The van der Waals surface area contributed by atoms with Gasteiger partial charge in [0.2, 0.25) is 11.8 Å². The minimum Gasteiger partial charge on any atom is -0.495 e. The van der Waals surface area contributed by atoms with Gasteiger partial charge < -0.3 is 4.74 Å². The zero-order valence-corrected chi connectivity index (χ0v) is 15.7.